The van der Waals surface area contributed by atoms with E-state index in [2.05, 4.69) is 30.6 Å². The fourth-order valence-corrected chi connectivity index (χ4v) is 1.48. The van der Waals surface area contributed by atoms with Gasteiger partial charge in [-0.05, 0) is 22.9 Å². The summed E-state index contributed by atoms with van der Waals surface area (Å²) in [6.45, 7) is 2.91. The predicted molar refractivity (Wildman–Crippen MR) is 41.8 cm³/mol. The third-order valence-corrected chi connectivity index (χ3v) is 1.99. The van der Waals surface area contributed by atoms with Crippen LogP contribution in [0.1, 0.15) is 6.92 Å². The van der Waals surface area contributed by atoms with Crippen molar-refractivity contribution >= 4 is 32.6 Å². The molecule has 0 bridgehead atoms. The Balaban J connectivity index is 2.61. The van der Waals surface area contributed by atoms with Crippen LogP contribution in [0.2, 0.25) is 0 Å². The van der Waals surface area contributed by atoms with E-state index in [0.717, 1.165) is 11.7 Å². The van der Waals surface area contributed by atoms with Crippen LogP contribution in [0.25, 0.3) is 0 Å². The smallest absolute Gasteiger partial charge is 0.210 e. The quantitative estimate of drug-likeness (QED) is 0.804. The highest BCUT2D eigenvalue weighted by molar-refractivity contribution is 9.10. The topological polar surface area (TPSA) is 37.8 Å². The number of aromatic nitrogens is 2. The first-order valence-electron chi connectivity index (χ1n) is 2.56. The Labute approximate surface area is 65.8 Å². The van der Waals surface area contributed by atoms with Crippen molar-refractivity contribution in [3.63, 3.8) is 0 Å². The fraction of sp³-hybridized carbons (Fsp3) is 0.500. The average Bonchev–Trinajstić information content (AvgIpc) is 2.17. The van der Waals surface area contributed by atoms with Crippen molar-refractivity contribution in [2.24, 2.45) is 0 Å². The highest BCUT2D eigenvalue weighted by Crippen LogP contribution is 2.13. The lowest BCUT2D eigenvalue weighted by Gasteiger charge is -1.90. The van der Waals surface area contributed by atoms with Crippen LogP contribution in [0.3, 0.4) is 0 Å². The molecular formula is C4H6BrN3S. The molecule has 0 spiro atoms. The zero-order valence-corrected chi connectivity index (χ0v) is 7.29. The van der Waals surface area contributed by atoms with Crippen molar-refractivity contribution in [1.82, 2.24) is 9.36 Å². The predicted octanol–water partition coefficient (Wildman–Crippen LogP) is 1.73. The number of rotatable bonds is 2. The normalized spacial score (nSPS) is 9.56. The number of nitrogens with one attached hydrogen (secondary N) is 1. The van der Waals surface area contributed by atoms with Gasteiger partial charge >= 0.3 is 0 Å². The van der Waals surface area contributed by atoms with Crippen LogP contribution in [-0.2, 0) is 0 Å². The summed E-state index contributed by atoms with van der Waals surface area (Å²) in [5.74, 6) is 0. The maximum Gasteiger partial charge on any atom is 0.210 e. The summed E-state index contributed by atoms with van der Waals surface area (Å²) in [5, 5.41) is 3.91. The van der Waals surface area contributed by atoms with E-state index in [4.69, 9.17) is 0 Å². The van der Waals surface area contributed by atoms with Gasteiger partial charge in [0.15, 0.2) is 0 Å². The molecule has 0 unspecified atom stereocenters. The molecule has 0 saturated carbocycles. The molecule has 0 saturated heterocycles. The minimum atomic E-state index is 0.656. The third kappa shape index (κ3) is 1.91. The van der Waals surface area contributed by atoms with E-state index in [-0.39, 0.29) is 0 Å². The van der Waals surface area contributed by atoms with E-state index in [1.807, 2.05) is 6.92 Å². The van der Waals surface area contributed by atoms with Gasteiger partial charge in [0.05, 0.1) is 0 Å². The maximum atomic E-state index is 4.01. The lowest BCUT2D eigenvalue weighted by molar-refractivity contribution is 1.17. The van der Waals surface area contributed by atoms with E-state index in [0.29, 0.717) is 4.73 Å². The van der Waals surface area contributed by atoms with E-state index < -0.39 is 0 Å². The molecule has 1 heterocycles. The Kier molecular flexibility index (Phi) is 2.41. The minimum absolute atomic E-state index is 0.656. The Morgan fingerprint density at radius 3 is 3.00 bits per heavy atom. The van der Waals surface area contributed by atoms with Crippen LogP contribution < -0.4 is 5.32 Å². The summed E-state index contributed by atoms with van der Waals surface area (Å²) in [6.07, 6.45) is 0. The van der Waals surface area contributed by atoms with Gasteiger partial charge in [-0.25, -0.2) is 0 Å². The van der Waals surface area contributed by atoms with Crippen molar-refractivity contribution < 1.29 is 0 Å². The molecule has 0 aromatic carbocycles. The Bertz CT molecular complexity index is 188. The Morgan fingerprint density at radius 2 is 2.56 bits per heavy atom. The number of nitrogens with zero attached hydrogens (tertiary/aromatic N) is 2. The fourth-order valence-electron chi connectivity index (χ4n) is 0.429. The zero-order valence-electron chi connectivity index (χ0n) is 4.89. The summed E-state index contributed by atoms with van der Waals surface area (Å²) in [6, 6.07) is 0. The van der Waals surface area contributed by atoms with Crippen molar-refractivity contribution in [1.29, 1.82) is 0 Å². The lowest BCUT2D eigenvalue weighted by atomic mass is 10.8. The van der Waals surface area contributed by atoms with Crippen molar-refractivity contribution in [3.05, 3.63) is 4.73 Å². The van der Waals surface area contributed by atoms with Crippen LogP contribution in [0, 0.1) is 0 Å². The van der Waals surface area contributed by atoms with Crippen LogP contribution >= 0.6 is 27.5 Å². The third-order valence-electron chi connectivity index (χ3n) is 0.729. The van der Waals surface area contributed by atoms with E-state index in [1.165, 1.54) is 11.5 Å². The highest BCUT2D eigenvalue weighted by atomic mass is 79.9. The van der Waals surface area contributed by atoms with Crippen LogP contribution in [0.15, 0.2) is 4.73 Å². The second-order valence-corrected chi connectivity index (χ2v) is 2.86. The standard InChI is InChI=1S/C4H6BrN3S/c1-2-6-4-7-3(5)8-9-4/h2H2,1H3,(H,6,7,8). The molecular weight excluding hydrogens is 202 g/mol. The number of hydrogen-bond acceptors (Lipinski definition) is 4. The first kappa shape index (κ1) is 6.95. The van der Waals surface area contributed by atoms with Crippen molar-refractivity contribution in [2.45, 2.75) is 6.92 Å². The second-order valence-electron chi connectivity index (χ2n) is 1.40. The van der Waals surface area contributed by atoms with Crippen molar-refractivity contribution in [3.8, 4) is 0 Å². The van der Waals surface area contributed by atoms with Crippen molar-refractivity contribution in [2.75, 3.05) is 11.9 Å². The number of halogens is 1. The second kappa shape index (κ2) is 3.12. The van der Waals surface area contributed by atoms with Gasteiger partial charge in [0.2, 0.25) is 9.87 Å². The molecule has 1 N–H and O–H groups in total. The van der Waals surface area contributed by atoms with Gasteiger partial charge in [0, 0.05) is 18.1 Å². The molecule has 5 heteroatoms. The average molecular weight is 208 g/mol. The summed E-state index contributed by atoms with van der Waals surface area (Å²) in [5.41, 5.74) is 0. The van der Waals surface area contributed by atoms with Gasteiger partial charge in [-0.15, -0.1) is 0 Å². The van der Waals surface area contributed by atoms with Crippen LogP contribution in [0.5, 0.6) is 0 Å². The summed E-state index contributed by atoms with van der Waals surface area (Å²) >= 11 is 4.51. The zero-order chi connectivity index (χ0) is 6.69. The van der Waals surface area contributed by atoms with E-state index >= 15 is 0 Å². The van der Waals surface area contributed by atoms with Gasteiger partial charge in [-0.2, -0.15) is 9.36 Å². The van der Waals surface area contributed by atoms with Gasteiger partial charge in [0.1, 0.15) is 0 Å². The molecule has 0 aliphatic heterocycles. The van der Waals surface area contributed by atoms with Gasteiger partial charge in [-0.1, -0.05) is 0 Å². The molecule has 0 fully saturated rings. The molecule has 0 amide bonds. The van der Waals surface area contributed by atoms with Crippen LogP contribution in [-0.4, -0.2) is 15.9 Å². The first-order valence-corrected chi connectivity index (χ1v) is 4.12. The summed E-state index contributed by atoms with van der Waals surface area (Å²) < 4.78 is 4.58. The number of anilines is 1. The first-order chi connectivity index (χ1) is 4.33. The lowest BCUT2D eigenvalue weighted by Crippen LogP contribution is -1.94. The van der Waals surface area contributed by atoms with Gasteiger partial charge in [0.25, 0.3) is 0 Å². The molecule has 9 heavy (non-hydrogen) atoms. The SMILES string of the molecule is CCNc1nc(Br)ns1. The highest BCUT2D eigenvalue weighted by Gasteiger charge is 1.95. The van der Waals surface area contributed by atoms with E-state index in [9.17, 15) is 0 Å². The molecule has 0 aliphatic rings. The Morgan fingerprint density at radius 1 is 1.78 bits per heavy atom. The molecule has 50 valence electrons. The molecule has 3 nitrogen and oxygen atoms in total. The monoisotopic (exact) mass is 207 g/mol. The van der Waals surface area contributed by atoms with Crippen LogP contribution in [0.4, 0.5) is 5.13 Å². The molecule has 1 aromatic rings. The molecule has 0 atom stereocenters. The van der Waals surface area contributed by atoms with E-state index in [1.54, 1.807) is 0 Å². The largest absolute Gasteiger partial charge is 0.361 e. The van der Waals surface area contributed by atoms with Gasteiger partial charge < -0.3 is 5.32 Å². The minimum Gasteiger partial charge on any atom is -0.361 e. The summed E-state index contributed by atoms with van der Waals surface area (Å²) in [7, 11) is 0. The molecule has 1 aromatic heterocycles. The number of hydrogen-bond donors (Lipinski definition) is 1. The molecule has 1 rings (SSSR count). The van der Waals surface area contributed by atoms with Gasteiger partial charge in [-0.3, -0.25) is 0 Å². The molecule has 0 aliphatic carbocycles. The molecule has 0 radical (unpaired) electrons. The Hall–Kier alpha value is -0.160. The summed E-state index contributed by atoms with van der Waals surface area (Å²) in [4.78, 5) is 4.01. The maximum absolute atomic E-state index is 4.01.